The van der Waals surface area contributed by atoms with Crippen LogP contribution in [0.5, 0.6) is 0 Å². The average Bonchev–Trinajstić information content (AvgIpc) is 3.29. The van der Waals surface area contributed by atoms with Crippen molar-refractivity contribution in [2.45, 2.75) is 58.9 Å². The summed E-state index contributed by atoms with van der Waals surface area (Å²) in [5, 5.41) is 23.9. The first-order chi connectivity index (χ1) is 15.3. The summed E-state index contributed by atoms with van der Waals surface area (Å²) in [5.74, 6) is 0. The highest BCUT2D eigenvalue weighted by Gasteiger charge is 2.27. The fourth-order valence-electron chi connectivity index (χ4n) is 7.48. The summed E-state index contributed by atoms with van der Waals surface area (Å²) in [6, 6.07) is 15.0. The predicted molar refractivity (Wildman–Crippen MR) is 161 cm³/mol. The van der Waals surface area contributed by atoms with E-state index >= 15 is 0 Å². The molecule has 0 amide bonds. The Bertz CT molecular complexity index is 1490. The highest BCUT2D eigenvalue weighted by atomic mass is 28.3. The van der Waals surface area contributed by atoms with Crippen LogP contribution >= 0.6 is 0 Å². The SMILES string of the molecule is C[Si](C)(C)c1c2ccc3c([Si](C)(C)C)[c-]4ccc5c([Si](C)(C)C)[c-]6ccc1[c-]1c2c3c4c5c61. The molecule has 3 heteroatoms. The molecule has 0 radical (unpaired) electrons. The lowest BCUT2D eigenvalue weighted by molar-refractivity contribution is 1.78. The quantitative estimate of drug-likeness (QED) is 0.139. The van der Waals surface area contributed by atoms with Crippen molar-refractivity contribution in [2.24, 2.45) is 0 Å². The third-order valence-electron chi connectivity index (χ3n) is 8.23. The number of hydrogen-bond donors (Lipinski definition) is 0. The lowest BCUT2D eigenvalue weighted by Crippen LogP contribution is -2.38. The fraction of sp³-hybridized carbons (Fsp3) is 0.300. The van der Waals surface area contributed by atoms with Crippen molar-refractivity contribution in [1.82, 2.24) is 0 Å². The Balaban J connectivity index is 1.94. The minimum Gasteiger partial charge on any atom is -0.238 e. The van der Waals surface area contributed by atoms with Gasteiger partial charge in [-0.05, 0) is 5.39 Å². The summed E-state index contributed by atoms with van der Waals surface area (Å²) >= 11 is 0. The van der Waals surface area contributed by atoms with Crippen molar-refractivity contribution in [2.75, 3.05) is 0 Å². The van der Waals surface area contributed by atoms with Gasteiger partial charge >= 0.3 is 0 Å². The molecule has 0 spiro atoms. The van der Waals surface area contributed by atoms with Crippen molar-refractivity contribution >= 4 is 104 Å². The topological polar surface area (TPSA) is 0 Å². The van der Waals surface area contributed by atoms with Crippen LogP contribution in [0.4, 0.5) is 0 Å². The van der Waals surface area contributed by atoms with Gasteiger partial charge in [0.2, 0.25) is 0 Å². The molecule has 0 aliphatic rings. The first-order valence-electron chi connectivity index (χ1n) is 12.5. The molecule has 7 rings (SSSR count). The van der Waals surface area contributed by atoms with E-state index in [1.165, 1.54) is 0 Å². The summed E-state index contributed by atoms with van der Waals surface area (Å²) in [6.07, 6.45) is 0. The molecule has 0 heterocycles. The second-order valence-corrected chi connectivity index (χ2v) is 28.6. The van der Waals surface area contributed by atoms with Gasteiger partial charge < -0.3 is 0 Å². The third-order valence-corrected chi connectivity index (χ3v) is 14.3. The minimum atomic E-state index is -1.54. The predicted octanol–water partition coefficient (Wildman–Crippen LogP) is 7.71. The summed E-state index contributed by atoms with van der Waals surface area (Å²) in [7, 11) is -4.61. The number of hydrogen-bond acceptors (Lipinski definition) is 0. The van der Waals surface area contributed by atoms with Crippen molar-refractivity contribution in [1.29, 1.82) is 0 Å². The van der Waals surface area contributed by atoms with E-state index in [0.717, 1.165) is 0 Å². The molecule has 7 aromatic rings. The van der Waals surface area contributed by atoms with Crippen molar-refractivity contribution in [3.05, 3.63) is 36.4 Å². The normalized spacial score (nSPS) is 14.8. The van der Waals surface area contributed by atoms with Crippen LogP contribution < -0.4 is 15.6 Å². The zero-order valence-electron chi connectivity index (χ0n) is 21.5. The number of rotatable bonds is 3. The Kier molecular flexibility index (Phi) is 3.44. The third kappa shape index (κ3) is 2.20. The van der Waals surface area contributed by atoms with Gasteiger partial charge in [0.25, 0.3) is 0 Å². The second-order valence-electron chi connectivity index (χ2n) is 13.6. The van der Waals surface area contributed by atoms with E-state index in [2.05, 4.69) is 95.3 Å². The molecular formula is C30H33Si3-3. The molecular weight excluding hydrogens is 445 g/mol. The molecule has 0 bridgehead atoms. The Labute approximate surface area is 199 Å². The van der Waals surface area contributed by atoms with Gasteiger partial charge in [0, 0.05) is 8.07 Å². The van der Waals surface area contributed by atoms with Gasteiger partial charge in [-0.2, -0.15) is 44.9 Å². The number of benzene rings is 4. The maximum Gasteiger partial charge on any atom is 0.0758 e. The molecule has 7 aromatic carbocycles. The van der Waals surface area contributed by atoms with Crippen LogP contribution in [0.15, 0.2) is 36.4 Å². The van der Waals surface area contributed by atoms with E-state index in [1.54, 1.807) is 80.2 Å². The van der Waals surface area contributed by atoms with Crippen LogP contribution in [0.2, 0.25) is 58.9 Å². The molecule has 0 atom stereocenters. The molecule has 0 aliphatic carbocycles. The Morgan fingerprint density at radius 1 is 0.545 bits per heavy atom. The minimum absolute atomic E-state index is 1.54. The Hall–Kier alpha value is -2.08. The van der Waals surface area contributed by atoms with Crippen LogP contribution in [0.3, 0.4) is 0 Å². The maximum absolute atomic E-state index is 2.53. The highest BCUT2D eigenvalue weighted by Crippen LogP contribution is 2.51. The maximum atomic E-state index is 2.53. The van der Waals surface area contributed by atoms with Gasteiger partial charge in [0.15, 0.2) is 0 Å². The largest absolute Gasteiger partial charge is 0.238 e. The van der Waals surface area contributed by atoms with E-state index < -0.39 is 24.2 Å². The molecule has 0 aromatic heterocycles. The van der Waals surface area contributed by atoms with Gasteiger partial charge in [-0.25, -0.2) is 16.2 Å². The lowest BCUT2D eigenvalue weighted by Gasteiger charge is -2.27. The van der Waals surface area contributed by atoms with Crippen LogP contribution in [0.25, 0.3) is 64.6 Å². The van der Waals surface area contributed by atoms with Gasteiger partial charge in [-0.3, -0.25) is 0 Å². The van der Waals surface area contributed by atoms with Gasteiger partial charge in [-0.15, -0.1) is 32.8 Å². The summed E-state index contributed by atoms with van der Waals surface area (Å²) < 4.78 is 0. The van der Waals surface area contributed by atoms with E-state index in [4.69, 9.17) is 0 Å². The molecule has 0 nitrogen and oxygen atoms in total. The zero-order chi connectivity index (χ0) is 23.4. The van der Waals surface area contributed by atoms with E-state index in [9.17, 15) is 0 Å². The standard InChI is InChI=1S/C30H33Si3/c1-31(2,3)28-16-10-12-18-24-22(16)23-17(28)11-13-19-25(23)27-21(30(19)33(7,8)9)15-14-20(26(24)27)29(18)32(4,5)6/h10-15H,1-9H3/q-3. The monoisotopic (exact) mass is 477 g/mol. The molecule has 168 valence electrons. The first kappa shape index (κ1) is 20.3. The van der Waals surface area contributed by atoms with Crippen LogP contribution in [0, 0.1) is 0 Å². The molecule has 0 N–H and O–H groups in total. The van der Waals surface area contributed by atoms with E-state index in [1.807, 2.05) is 0 Å². The smallest absolute Gasteiger partial charge is 0.0758 e. The summed E-state index contributed by atoms with van der Waals surface area (Å²) in [6.45, 7) is 22.8. The van der Waals surface area contributed by atoms with Crippen LogP contribution in [-0.4, -0.2) is 24.2 Å². The van der Waals surface area contributed by atoms with E-state index in [0.29, 0.717) is 0 Å². The summed E-state index contributed by atoms with van der Waals surface area (Å²) in [5.41, 5.74) is 0. The van der Waals surface area contributed by atoms with Gasteiger partial charge in [0.05, 0.1) is 16.1 Å². The molecule has 0 unspecified atom stereocenters. The second kappa shape index (κ2) is 5.59. The van der Waals surface area contributed by atoms with Gasteiger partial charge in [-0.1, -0.05) is 76.2 Å². The van der Waals surface area contributed by atoms with E-state index in [-0.39, 0.29) is 0 Å². The molecule has 0 aliphatic heterocycles. The van der Waals surface area contributed by atoms with Gasteiger partial charge in [0.1, 0.15) is 0 Å². The summed E-state index contributed by atoms with van der Waals surface area (Å²) in [4.78, 5) is 0. The van der Waals surface area contributed by atoms with Crippen molar-refractivity contribution in [3.63, 3.8) is 0 Å². The van der Waals surface area contributed by atoms with Crippen LogP contribution in [-0.2, 0) is 0 Å². The van der Waals surface area contributed by atoms with Crippen molar-refractivity contribution in [3.8, 4) is 0 Å². The van der Waals surface area contributed by atoms with Crippen molar-refractivity contribution < 1.29 is 0 Å². The zero-order valence-corrected chi connectivity index (χ0v) is 24.5. The molecule has 0 saturated heterocycles. The average molecular weight is 478 g/mol. The molecule has 33 heavy (non-hydrogen) atoms. The van der Waals surface area contributed by atoms with Crippen LogP contribution in [0.1, 0.15) is 0 Å². The first-order valence-corrected chi connectivity index (χ1v) is 23.0. The molecule has 0 saturated carbocycles. The highest BCUT2D eigenvalue weighted by molar-refractivity contribution is 6.95. The fourth-order valence-corrected chi connectivity index (χ4v) is 13.6. The molecule has 0 fully saturated rings. The Morgan fingerprint density at radius 2 is 1.12 bits per heavy atom. The Morgan fingerprint density at radius 3 is 1.76 bits per heavy atom. The lowest BCUT2D eigenvalue weighted by atomic mass is 9.95.